The maximum absolute atomic E-state index is 13.0. The van der Waals surface area contributed by atoms with Crippen molar-refractivity contribution in [3.63, 3.8) is 0 Å². The van der Waals surface area contributed by atoms with Crippen molar-refractivity contribution < 1.29 is 21.6 Å². The first-order chi connectivity index (χ1) is 15.1. The fourth-order valence-electron chi connectivity index (χ4n) is 3.50. The summed E-state index contributed by atoms with van der Waals surface area (Å²) in [6.45, 7) is 3.15. The highest BCUT2D eigenvalue weighted by atomic mass is 32.2. The SMILES string of the molecule is Cc1ccc(S(=O)(=O)N2CCN(c3nccc(-c4cccc(C(F)(F)F)c4)n3)CC2)cc1. The Morgan fingerprint density at radius 2 is 1.62 bits per heavy atom. The van der Waals surface area contributed by atoms with Gasteiger partial charge in [0.1, 0.15) is 0 Å². The summed E-state index contributed by atoms with van der Waals surface area (Å²) in [5.74, 6) is 0.354. The van der Waals surface area contributed by atoms with E-state index in [1.54, 1.807) is 36.4 Å². The van der Waals surface area contributed by atoms with Gasteiger partial charge in [-0.15, -0.1) is 0 Å². The topological polar surface area (TPSA) is 66.4 Å². The highest BCUT2D eigenvalue weighted by Gasteiger charge is 2.31. The van der Waals surface area contributed by atoms with E-state index in [2.05, 4.69) is 9.97 Å². The number of halogens is 3. The van der Waals surface area contributed by atoms with Crippen LogP contribution < -0.4 is 4.90 Å². The molecule has 0 aliphatic carbocycles. The van der Waals surface area contributed by atoms with Crippen LogP contribution in [0.3, 0.4) is 0 Å². The monoisotopic (exact) mass is 462 g/mol. The molecule has 4 rings (SSSR count). The maximum atomic E-state index is 13.0. The number of aryl methyl sites for hydroxylation is 1. The van der Waals surface area contributed by atoms with E-state index < -0.39 is 21.8 Å². The lowest BCUT2D eigenvalue weighted by molar-refractivity contribution is -0.137. The lowest BCUT2D eigenvalue weighted by atomic mass is 10.1. The summed E-state index contributed by atoms with van der Waals surface area (Å²) in [5.41, 5.74) is 0.941. The number of rotatable bonds is 4. The summed E-state index contributed by atoms with van der Waals surface area (Å²) < 4.78 is 66.3. The molecule has 1 aromatic heterocycles. The number of hydrogen-bond donors (Lipinski definition) is 0. The molecule has 0 unspecified atom stereocenters. The average Bonchev–Trinajstić information content (AvgIpc) is 2.79. The minimum atomic E-state index is -4.44. The number of sulfonamides is 1. The Bertz CT molecular complexity index is 1210. The number of piperazine rings is 1. The Morgan fingerprint density at radius 3 is 2.28 bits per heavy atom. The minimum Gasteiger partial charge on any atom is -0.338 e. The number of hydrogen-bond acceptors (Lipinski definition) is 5. The van der Waals surface area contributed by atoms with Crippen LogP contribution in [0, 0.1) is 6.92 Å². The zero-order chi connectivity index (χ0) is 22.9. The average molecular weight is 462 g/mol. The van der Waals surface area contributed by atoms with E-state index in [0.29, 0.717) is 30.3 Å². The van der Waals surface area contributed by atoms with Crippen LogP contribution in [-0.2, 0) is 16.2 Å². The van der Waals surface area contributed by atoms with Gasteiger partial charge >= 0.3 is 6.18 Å². The van der Waals surface area contributed by atoms with Crippen LogP contribution >= 0.6 is 0 Å². The van der Waals surface area contributed by atoms with Gasteiger partial charge in [0.05, 0.1) is 16.2 Å². The van der Waals surface area contributed by atoms with E-state index in [9.17, 15) is 21.6 Å². The molecular weight excluding hydrogens is 441 g/mol. The number of benzene rings is 2. The Hall–Kier alpha value is -2.98. The zero-order valence-electron chi connectivity index (χ0n) is 17.2. The summed E-state index contributed by atoms with van der Waals surface area (Å²) in [4.78, 5) is 10.7. The Morgan fingerprint density at radius 1 is 0.938 bits per heavy atom. The van der Waals surface area contributed by atoms with Gasteiger partial charge < -0.3 is 4.90 Å². The van der Waals surface area contributed by atoms with Gasteiger partial charge in [0.15, 0.2) is 0 Å². The van der Waals surface area contributed by atoms with E-state index in [4.69, 9.17) is 0 Å². The highest BCUT2D eigenvalue weighted by Crippen LogP contribution is 2.32. The zero-order valence-corrected chi connectivity index (χ0v) is 18.1. The third kappa shape index (κ3) is 4.61. The molecule has 2 aromatic carbocycles. The van der Waals surface area contributed by atoms with Crippen LogP contribution in [0.15, 0.2) is 65.7 Å². The molecular formula is C22H21F3N4O2S. The molecule has 0 atom stereocenters. The molecule has 1 fully saturated rings. The van der Waals surface area contributed by atoms with Crippen molar-refractivity contribution in [2.24, 2.45) is 0 Å². The third-order valence-electron chi connectivity index (χ3n) is 5.31. The molecule has 1 aliphatic heterocycles. The van der Waals surface area contributed by atoms with Crippen molar-refractivity contribution in [1.29, 1.82) is 0 Å². The Balaban J connectivity index is 1.50. The van der Waals surface area contributed by atoms with Gasteiger partial charge in [-0.25, -0.2) is 18.4 Å². The van der Waals surface area contributed by atoms with Crippen LogP contribution in [0.2, 0.25) is 0 Å². The molecule has 1 aliphatic rings. The van der Waals surface area contributed by atoms with Gasteiger partial charge in [0, 0.05) is 37.9 Å². The maximum Gasteiger partial charge on any atom is 0.416 e. The predicted octanol–water partition coefficient (Wildman–Crippen LogP) is 3.98. The van der Waals surface area contributed by atoms with Gasteiger partial charge in [0.25, 0.3) is 0 Å². The second-order valence-corrected chi connectivity index (χ2v) is 9.46. The van der Waals surface area contributed by atoms with Crippen molar-refractivity contribution in [1.82, 2.24) is 14.3 Å². The first kappa shape index (κ1) is 22.2. The molecule has 0 saturated carbocycles. The van der Waals surface area contributed by atoms with Crippen LogP contribution in [0.1, 0.15) is 11.1 Å². The van der Waals surface area contributed by atoms with Gasteiger partial charge in [-0.05, 0) is 37.3 Å². The van der Waals surface area contributed by atoms with E-state index >= 15 is 0 Å². The van der Waals surface area contributed by atoms with Gasteiger partial charge in [-0.1, -0.05) is 29.8 Å². The molecule has 6 nitrogen and oxygen atoms in total. The predicted molar refractivity (Wildman–Crippen MR) is 115 cm³/mol. The summed E-state index contributed by atoms with van der Waals surface area (Å²) in [6.07, 6.45) is -2.95. The van der Waals surface area contributed by atoms with Crippen molar-refractivity contribution in [2.75, 3.05) is 31.1 Å². The molecule has 1 saturated heterocycles. The highest BCUT2D eigenvalue weighted by molar-refractivity contribution is 7.89. The normalized spacial score (nSPS) is 15.7. The lowest BCUT2D eigenvalue weighted by Gasteiger charge is -2.34. The molecule has 0 amide bonds. The molecule has 0 bridgehead atoms. The second-order valence-electron chi connectivity index (χ2n) is 7.52. The first-order valence-corrected chi connectivity index (χ1v) is 11.4. The van der Waals surface area contributed by atoms with Gasteiger partial charge in [0.2, 0.25) is 16.0 Å². The van der Waals surface area contributed by atoms with E-state index in [-0.39, 0.29) is 18.0 Å². The molecule has 10 heteroatoms. The standard InChI is InChI=1S/C22H21F3N4O2S/c1-16-5-7-19(8-6-16)32(30,31)29-13-11-28(12-14-29)21-26-10-9-20(27-21)17-3-2-4-18(15-17)22(23,24)25/h2-10,15H,11-14H2,1H3. The summed E-state index contributed by atoms with van der Waals surface area (Å²) in [5, 5.41) is 0. The molecule has 0 N–H and O–H groups in total. The van der Waals surface area contributed by atoms with Crippen molar-refractivity contribution >= 4 is 16.0 Å². The Labute approximate surface area is 184 Å². The minimum absolute atomic E-state index is 0.249. The lowest BCUT2D eigenvalue weighted by Crippen LogP contribution is -2.49. The molecule has 0 radical (unpaired) electrons. The van der Waals surface area contributed by atoms with Crippen molar-refractivity contribution in [2.45, 2.75) is 18.0 Å². The second kappa shape index (κ2) is 8.51. The smallest absolute Gasteiger partial charge is 0.338 e. The molecule has 32 heavy (non-hydrogen) atoms. The summed E-state index contributed by atoms with van der Waals surface area (Å²) in [7, 11) is -3.60. The van der Waals surface area contributed by atoms with Crippen molar-refractivity contribution in [3.05, 3.63) is 71.9 Å². The first-order valence-electron chi connectivity index (χ1n) is 9.97. The fourth-order valence-corrected chi connectivity index (χ4v) is 4.93. The van der Waals surface area contributed by atoms with Crippen LogP contribution in [0.5, 0.6) is 0 Å². The number of alkyl halides is 3. The van der Waals surface area contributed by atoms with E-state index in [0.717, 1.165) is 17.7 Å². The summed E-state index contributed by atoms with van der Waals surface area (Å²) in [6, 6.07) is 13.2. The van der Waals surface area contributed by atoms with Crippen LogP contribution in [0.4, 0.5) is 19.1 Å². The van der Waals surface area contributed by atoms with Crippen LogP contribution in [0.25, 0.3) is 11.3 Å². The fraction of sp³-hybridized carbons (Fsp3) is 0.273. The van der Waals surface area contributed by atoms with Crippen molar-refractivity contribution in [3.8, 4) is 11.3 Å². The summed E-state index contributed by atoms with van der Waals surface area (Å²) >= 11 is 0. The number of nitrogens with zero attached hydrogens (tertiary/aromatic N) is 4. The number of anilines is 1. The van der Waals surface area contributed by atoms with Gasteiger partial charge in [-0.3, -0.25) is 0 Å². The third-order valence-corrected chi connectivity index (χ3v) is 7.22. The molecule has 168 valence electrons. The largest absolute Gasteiger partial charge is 0.416 e. The van der Waals surface area contributed by atoms with E-state index in [1.807, 2.05) is 11.8 Å². The van der Waals surface area contributed by atoms with E-state index in [1.165, 1.54) is 16.6 Å². The molecule has 3 aromatic rings. The molecule has 2 heterocycles. The Kier molecular flexibility index (Phi) is 5.91. The molecule has 0 spiro atoms. The quantitative estimate of drug-likeness (QED) is 0.587. The number of aromatic nitrogens is 2. The van der Waals surface area contributed by atoms with Gasteiger partial charge in [-0.2, -0.15) is 17.5 Å². The van der Waals surface area contributed by atoms with Crippen LogP contribution in [-0.4, -0.2) is 48.9 Å².